The van der Waals surface area contributed by atoms with E-state index in [1.165, 1.54) is 18.5 Å². The first-order valence-electron chi connectivity index (χ1n) is 5.32. The van der Waals surface area contributed by atoms with Crippen molar-refractivity contribution in [1.29, 1.82) is 0 Å². The van der Waals surface area contributed by atoms with Crippen LogP contribution in [0.4, 0.5) is 5.69 Å². The maximum absolute atomic E-state index is 5.28. The van der Waals surface area contributed by atoms with E-state index in [0.29, 0.717) is 0 Å². The maximum atomic E-state index is 5.28. The molecular formula is C12H17NO2. The van der Waals surface area contributed by atoms with E-state index in [2.05, 4.69) is 11.0 Å². The fourth-order valence-electron chi connectivity index (χ4n) is 2.00. The van der Waals surface area contributed by atoms with Gasteiger partial charge in [-0.05, 0) is 25.0 Å². The summed E-state index contributed by atoms with van der Waals surface area (Å²) in [7, 11) is 3.33. The summed E-state index contributed by atoms with van der Waals surface area (Å²) in [4.78, 5) is 2.38. The molecule has 2 rings (SSSR count). The molecule has 1 aliphatic rings. The highest BCUT2D eigenvalue weighted by Crippen LogP contribution is 2.32. The number of ether oxygens (including phenoxy) is 2. The first-order valence-corrected chi connectivity index (χ1v) is 5.32. The van der Waals surface area contributed by atoms with E-state index in [0.717, 1.165) is 24.6 Å². The van der Waals surface area contributed by atoms with Crippen LogP contribution in [0.5, 0.6) is 11.5 Å². The Morgan fingerprint density at radius 3 is 2.27 bits per heavy atom. The van der Waals surface area contributed by atoms with Crippen LogP contribution in [0.15, 0.2) is 18.2 Å². The average molecular weight is 207 g/mol. The molecule has 0 atom stereocenters. The molecule has 0 aliphatic carbocycles. The lowest BCUT2D eigenvalue weighted by Gasteiger charge is -2.19. The van der Waals surface area contributed by atoms with Gasteiger partial charge in [0.15, 0.2) is 11.5 Å². The molecule has 0 amide bonds. The van der Waals surface area contributed by atoms with Gasteiger partial charge < -0.3 is 14.4 Å². The van der Waals surface area contributed by atoms with Gasteiger partial charge in [0, 0.05) is 24.8 Å². The number of hydrogen-bond acceptors (Lipinski definition) is 3. The Labute approximate surface area is 90.6 Å². The zero-order chi connectivity index (χ0) is 10.7. The number of nitrogens with zero attached hydrogens (tertiary/aromatic N) is 1. The predicted molar refractivity (Wildman–Crippen MR) is 61.0 cm³/mol. The fraction of sp³-hybridized carbons (Fsp3) is 0.500. The summed E-state index contributed by atoms with van der Waals surface area (Å²) in [6, 6.07) is 6.10. The lowest BCUT2D eigenvalue weighted by molar-refractivity contribution is 0.355. The van der Waals surface area contributed by atoms with Crippen molar-refractivity contribution in [2.24, 2.45) is 0 Å². The Morgan fingerprint density at radius 2 is 1.67 bits per heavy atom. The topological polar surface area (TPSA) is 21.7 Å². The summed E-state index contributed by atoms with van der Waals surface area (Å²) < 4.78 is 10.5. The summed E-state index contributed by atoms with van der Waals surface area (Å²) in [6.07, 6.45) is 2.57. The van der Waals surface area contributed by atoms with Gasteiger partial charge in [-0.15, -0.1) is 0 Å². The Kier molecular flexibility index (Phi) is 2.99. The minimum absolute atomic E-state index is 0.792. The van der Waals surface area contributed by atoms with Crippen molar-refractivity contribution >= 4 is 5.69 Å². The molecule has 1 heterocycles. The van der Waals surface area contributed by atoms with Crippen LogP contribution in [0.2, 0.25) is 0 Å². The molecule has 1 saturated heterocycles. The quantitative estimate of drug-likeness (QED) is 0.759. The van der Waals surface area contributed by atoms with Gasteiger partial charge in [-0.3, -0.25) is 0 Å². The standard InChI is InChI=1S/C12H17NO2/c1-14-11-6-5-10(9-12(11)15-2)13-7-3-4-8-13/h5-6,9H,3-4,7-8H2,1-2H3. The number of hydrogen-bond donors (Lipinski definition) is 0. The lowest BCUT2D eigenvalue weighted by atomic mass is 10.2. The van der Waals surface area contributed by atoms with E-state index >= 15 is 0 Å². The summed E-state index contributed by atoms with van der Waals surface area (Å²) in [5.41, 5.74) is 1.23. The van der Waals surface area contributed by atoms with Gasteiger partial charge in [-0.1, -0.05) is 0 Å². The van der Waals surface area contributed by atoms with Gasteiger partial charge in [0.1, 0.15) is 0 Å². The van der Waals surface area contributed by atoms with Crippen LogP contribution in [-0.2, 0) is 0 Å². The SMILES string of the molecule is COc1ccc(N2CCCC2)cc1OC. The summed E-state index contributed by atoms with van der Waals surface area (Å²) in [5, 5.41) is 0. The van der Waals surface area contributed by atoms with E-state index in [1.807, 2.05) is 12.1 Å². The van der Waals surface area contributed by atoms with E-state index in [9.17, 15) is 0 Å². The zero-order valence-corrected chi connectivity index (χ0v) is 9.32. The molecule has 0 spiro atoms. The van der Waals surface area contributed by atoms with Gasteiger partial charge >= 0.3 is 0 Å². The third-order valence-corrected chi connectivity index (χ3v) is 2.84. The van der Waals surface area contributed by atoms with E-state index in [4.69, 9.17) is 9.47 Å². The first-order chi connectivity index (χ1) is 7.35. The van der Waals surface area contributed by atoms with Crippen molar-refractivity contribution in [3.05, 3.63) is 18.2 Å². The number of anilines is 1. The molecule has 1 aromatic carbocycles. The van der Waals surface area contributed by atoms with Crippen molar-refractivity contribution < 1.29 is 9.47 Å². The van der Waals surface area contributed by atoms with Crippen LogP contribution >= 0.6 is 0 Å². The molecule has 0 N–H and O–H groups in total. The molecule has 0 unspecified atom stereocenters. The molecule has 0 aromatic heterocycles. The molecule has 3 heteroatoms. The molecule has 1 aromatic rings. The highest BCUT2D eigenvalue weighted by Gasteiger charge is 2.14. The van der Waals surface area contributed by atoms with Crippen molar-refractivity contribution in [3.63, 3.8) is 0 Å². The second-order valence-electron chi connectivity index (χ2n) is 3.73. The average Bonchev–Trinajstić information content (AvgIpc) is 2.81. The second kappa shape index (κ2) is 4.43. The van der Waals surface area contributed by atoms with Gasteiger partial charge in [-0.2, -0.15) is 0 Å². The molecule has 1 fully saturated rings. The molecular weight excluding hydrogens is 190 g/mol. The monoisotopic (exact) mass is 207 g/mol. The van der Waals surface area contributed by atoms with Crippen LogP contribution in [0.25, 0.3) is 0 Å². The van der Waals surface area contributed by atoms with Crippen LogP contribution < -0.4 is 14.4 Å². The molecule has 0 bridgehead atoms. The first kappa shape index (κ1) is 10.1. The lowest BCUT2D eigenvalue weighted by Crippen LogP contribution is -2.17. The molecule has 0 saturated carbocycles. The fourth-order valence-corrected chi connectivity index (χ4v) is 2.00. The smallest absolute Gasteiger partial charge is 0.162 e. The third kappa shape index (κ3) is 2.01. The normalized spacial score (nSPS) is 15.5. The number of benzene rings is 1. The number of methoxy groups -OCH3 is 2. The Hall–Kier alpha value is -1.38. The van der Waals surface area contributed by atoms with Crippen LogP contribution in [0.3, 0.4) is 0 Å². The minimum atomic E-state index is 0.792. The van der Waals surface area contributed by atoms with Gasteiger partial charge in [0.05, 0.1) is 14.2 Å². The summed E-state index contributed by atoms with van der Waals surface area (Å²) in [5.74, 6) is 1.60. The highest BCUT2D eigenvalue weighted by molar-refractivity contribution is 5.56. The molecule has 0 radical (unpaired) electrons. The second-order valence-corrected chi connectivity index (χ2v) is 3.73. The van der Waals surface area contributed by atoms with Crippen LogP contribution in [-0.4, -0.2) is 27.3 Å². The Balaban J connectivity index is 2.25. The molecule has 82 valence electrons. The van der Waals surface area contributed by atoms with Crippen LogP contribution in [0, 0.1) is 0 Å². The van der Waals surface area contributed by atoms with Gasteiger partial charge in [-0.25, -0.2) is 0 Å². The van der Waals surface area contributed by atoms with Crippen molar-refractivity contribution in [2.45, 2.75) is 12.8 Å². The van der Waals surface area contributed by atoms with Gasteiger partial charge in [0.25, 0.3) is 0 Å². The zero-order valence-electron chi connectivity index (χ0n) is 9.32. The molecule has 15 heavy (non-hydrogen) atoms. The van der Waals surface area contributed by atoms with Crippen molar-refractivity contribution in [2.75, 3.05) is 32.2 Å². The largest absolute Gasteiger partial charge is 0.493 e. The summed E-state index contributed by atoms with van der Waals surface area (Å²) >= 11 is 0. The Bertz CT molecular complexity index is 332. The Morgan fingerprint density at radius 1 is 1.00 bits per heavy atom. The van der Waals surface area contributed by atoms with Gasteiger partial charge in [0.2, 0.25) is 0 Å². The van der Waals surface area contributed by atoms with E-state index in [-0.39, 0.29) is 0 Å². The number of rotatable bonds is 3. The predicted octanol–water partition coefficient (Wildman–Crippen LogP) is 2.30. The maximum Gasteiger partial charge on any atom is 0.162 e. The van der Waals surface area contributed by atoms with E-state index in [1.54, 1.807) is 14.2 Å². The van der Waals surface area contributed by atoms with Crippen molar-refractivity contribution in [1.82, 2.24) is 0 Å². The summed E-state index contributed by atoms with van der Waals surface area (Å²) in [6.45, 7) is 2.30. The third-order valence-electron chi connectivity index (χ3n) is 2.84. The van der Waals surface area contributed by atoms with Crippen molar-refractivity contribution in [3.8, 4) is 11.5 Å². The van der Waals surface area contributed by atoms with Crippen LogP contribution in [0.1, 0.15) is 12.8 Å². The molecule has 3 nitrogen and oxygen atoms in total. The van der Waals surface area contributed by atoms with E-state index < -0.39 is 0 Å². The minimum Gasteiger partial charge on any atom is -0.493 e. The highest BCUT2D eigenvalue weighted by atomic mass is 16.5. The molecule has 1 aliphatic heterocycles.